The van der Waals surface area contributed by atoms with Gasteiger partial charge in [0.25, 0.3) is 0 Å². The van der Waals surface area contributed by atoms with Gasteiger partial charge in [0, 0.05) is 50.1 Å². The number of piperidine rings is 1. The first-order chi connectivity index (χ1) is 16.2. The second-order valence-corrected chi connectivity index (χ2v) is 8.38. The van der Waals surface area contributed by atoms with Crippen molar-refractivity contribution >= 4 is 17.2 Å². The van der Waals surface area contributed by atoms with Crippen LogP contribution in [0, 0.1) is 5.92 Å². The SMILES string of the molecule is COc1ccc(-c2cc3c(N4CCC(C(=O)N5CCOCC5)CC4)nccn3n2)cc1OC. The number of rotatable bonds is 5. The van der Waals surface area contributed by atoms with Crippen molar-refractivity contribution < 1.29 is 19.0 Å². The molecule has 9 heteroatoms. The largest absolute Gasteiger partial charge is 0.493 e. The fourth-order valence-corrected chi connectivity index (χ4v) is 4.67. The Morgan fingerprint density at radius 2 is 1.79 bits per heavy atom. The Labute approximate surface area is 192 Å². The molecule has 0 atom stereocenters. The third kappa shape index (κ3) is 4.20. The topological polar surface area (TPSA) is 81.4 Å². The van der Waals surface area contributed by atoms with Crippen molar-refractivity contribution in [3.63, 3.8) is 0 Å². The monoisotopic (exact) mass is 451 g/mol. The smallest absolute Gasteiger partial charge is 0.225 e. The maximum absolute atomic E-state index is 12.9. The van der Waals surface area contributed by atoms with Gasteiger partial charge in [-0.05, 0) is 37.1 Å². The molecule has 0 unspecified atom stereocenters. The number of carbonyl (C=O) groups is 1. The van der Waals surface area contributed by atoms with Crippen LogP contribution in [0.4, 0.5) is 5.82 Å². The molecule has 0 radical (unpaired) electrons. The molecule has 0 saturated carbocycles. The van der Waals surface area contributed by atoms with Crippen molar-refractivity contribution in [1.82, 2.24) is 19.5 Å². The van der Waals surface area contributed by atoms with Crippen LogP contribution in [-0.4, -0.2) is 79.0 Å². The van der Waals surface area contributed by atoms with E-state index in [1.807, 2.05) is 33.8 Å². The summed E-state index contributed by atoms with van der Waals surface area (Å²) in [5, 5.41) is 4.75. The summed E-state index contributed by atoms with van der Waals surface area (Å²) in [4.78, 5) is 21.8. The predicted octanol–water partition coefficient (Wildman–Crippen LogP) is 2.49. The van der Waals surface area contributed by atoms with Crippen LogP contribution in [0.5, 0.6) is 11.5 Å². The summed E-state index contributed by atoms with van der Waals surface area (Å²) in [5.41, 5.74) is 2.72. The minimum Gasteiger partial charge on any atom is -0.493 e. The molecule has 33 heavy (non-hydrogen) atoms. The van der Waals surface area contributed by atoms with Crippen LogP contribution in [0.25, 0.3) is 16.8 Å². The van der Waals surface area contributed by atoms with Crippen LogP contribution >= 0.6 is 0 Å². The zero-order chi connectivity index (χ0) is 22.8. The molecule has 0 aliphatic carbocycles. The Bertz CT molecular complexity index is 1130. The number of hydrogen-bond donors (Lipinski definition) is 0. The van der Waals surface area contributed by atoms with Gasteiger partial charge in [0.2, 0.25) is 5.91 Å². The lowest BCUT2D eigenvalue weighted by molar-refractivity contribution is -0.140. The van der Waals surface area contributed by atoms with E-state index >= 15 is 0 Å². The quantitative estimate of drug-likeness (QED) is 0.590. The molecule has 1 amide bonds. The average Bonchev–Trinajstić information content (AvgIpc) is 3.33. The molecule has 2 aliphatic rings. The zero-order valence-electron chi connectivity index (χ0n) is 19.1. The van der Waals surface area contributed by atoms with Gasteiger partial charge >= 0.3 is 0 Å². The molecule has 9 nitrogen and oxygen atoms in total. The number of hydrogen-bond acceptors (Lipinski definition) is 7. The number of carbonyl (C=O) groups excluding carboxylic acids is 1. The third-order valence-electron chi connectivity index (χ3n) is 6.52. The van der Waals surface area contributed by atoms with E-state index in [0.29, 0.717) is 37.8 Å². The number of fused-ring (bicyclic) bond motifs is 1. The van der Waals surface area contributed by atoms with E-state index < -0.39 is 0 Å². The Kier molecular flexibility index (Phi) is 6.04. The Balaban J connectivity index is 1.35. The van der Waals surface area contributed by atoms with Gasteiger partial charge in [-0.2, -0.15) is 5.10 Å². The molecular formula is C24H29N5O4. The second-order valence-electron chi connectivity index (χ2n) is 8.38. The number of amides is 1. The van der Waals surface area contributed by atoms with Gasteiger partial charge < -0.3 is 24.0 Å². The lowest BCUT2D eigenvalue weighted by Gasteiger charge is -2.36. The first-order valence-electron chi connectivity index (χ1n) is 11.4. The third-order valence-corrected chi connectivity index (χ3v) is 6.52. The van der Waals surface area contributed by atoms with Crippen LogP contribution in [0.3, 0.4) is 0 Å². The molecule has 2 aromatic heterocycles. The molecule has 1 aromatic carbocycles. The number of morpholine rings is 1. The van der Waals surface area contributed by atoms with Crippen molar-refractivity contribution in [2.75, 3.05) is 58.5 Å². The van der Waals surface area contributed by atoms with E-state index in [4.69, 9.17) is 19.3 Å². The standard InChI is InChI=1S/C24H29N5O4/c1-31-21-4-3-18(15-22(21)32-2)19-16-20-23(25-7-10-29(20)26-19)27-8-5-17(6-9-27)24(30)28-11-13-33-14-12-28/h3-4,7,10,15-17H,5-6,8-9,11-14H2,1-2H3. The highest BCUT2D eigenvalue weighted by atomic mass is 16.5. The molecule has 2 saturated heterocycles. The van der Waals surface area contributed by atoms with Gasteiger partial charge in [0.05, 0.1) is 33.1 Å². The molecule has 174 valence electrons. The van der Waals surface area contributed by atoms with Crippen LogP contribution in [0.1, 0.15) is 12.8 Å². The summed E-state index contributed by atoms with van der Waals surface area (Å²) in [5.74, 6) is 2.59. The predicted molar refractivity (Wildman–Crippen MR) is 124 cm³/mol. The summed E-state index contributed by atoms with van der Waals surface area (Å²) in [6.07, 6.45) is 5.29. The second kappa shape index (κ2) is 9.27. The van der Waals surface area contributed by atoms with Gasteiger partial charge in [0.1, 0.15) is 5.52 Å². The van der Waals surface area contributed by atoms with E-state index in [9.17, 15) is 4.79 Å². The zero-order valence-corrected chi connectivity index (χ0v) is 19.1. The van der Waals surface area contributed by atoms with Crippen molar-refractivity contribution in [3.8, 4) is 22.8 Å². The molecular weight excluding hydrogens is 422 g/mol. The van der Waals surface area contributed by atoms with Gasteiger partial charge in [-0.15, -0.1) is 0 Å². The normalized spacial score (nSPS) is 17.4. The van der Waals surface area contributed by atoms with Crippen LogP contribution < -0.4 is 14.4 Å². The summed E-state index contributed by atoms with van der Waals surface area (Å²) in [6, 6.07) is 7.83. The number of anilines is 1. The van der Waals surface area contributed by atoms with Crippen LogP contribution in [0.15, 0.2) is 36.7 Å². The molecule has 2 aliphatic heterocycles. The molecule has 0 spiro atoms. The van der Waals surface area contributed by atoms with Gasteiger partial charge in [-0.3, -0.25) is 4.79 Å². The van der Waals surface area contributed by atoms with Gasteiger partial charge in [-0.25, -0.2) is 9.50 Å². The van der Waals surface area contributed by atoms with E-state index in [1.54, 1.807) is 20.4 Å². The highest BCUT2D eigenvalue weighted by molar-refractivity contribution is 5.80. The molecule has 0 N–H and O–H groups in total. The lowest BCUT2D eigenvalue weighted by atomic mass is 9.95. The average molecular weight is 452 g/mol. The Morgan fingerprint density at radius 1 is 1.03 bits per heavy atom. The van der Waals surface area contributed by atoms with Crippen molar-refractivity contribution in [3.05, 3.63) is 36.7 Å². The Hall–Kier alpha value is -3.33. The highest BCUT2D eigenvalue weighted by Gasteiger charge is 2.30. The number of benzene rings is 1. The molecule has 0 bridgehead atoms. The summed E-state index contributed by atoms with van der Waals surface area (Å²) in [6.45, 7) is 4.28. The number of methoxy groups -OCH3 is 2. The summed E-state index contributed by atoms with van der Waals surface area (Å²) >= 11 is 0. The number of ether oxygens (including phenoxy) is 3. The van der Waals surface area contributed by atoms with Gasteiger partial charge in [-0.1, -0.05) is 0 Å². The highest BCUT2D eigenvalue weighted by Crippen LogP contribution is 2.33. The number of aromatic nitrogens is 3. The molecule has 2 fully saturated rings. The van der Waals surface area contributed by atoms with Crippen LogP contribution in [0.2, 0.25) is 0 Å². The minimum absolute atomic E-state index is 0.0753. The minimum atomic E-state index is 0.0753. The summed E-state index contributed by atoms with van der Waals surface area (Å²) in [7, 11) is 3.25. The van der Waals surface area contributed by atoms with Gasteiger partial charge in [0.15, 0.2) is 17.3 Å². The van der Waals surface area contributed by atoms with Crippen molar-refractivity contribution in [2.45, 2.75) is 12.8 Å². The molecule has 4 heterocycles. The fraction of sp³-hybridized carbons (Fsp3) is 0.458. The van der Waals surface area contributed by atoms with E-state index in [0.717, 1.165) is 48.5 Å². The van der Waals surface area contributed by atoms with E-state index in [1.165, 1.54) is 0 Å². The van der Waals surface area contributed by atoms with Crippen molar-refractivity contribution in [2.24, 2.45) is 5.92 Å². The van der Waals surface area contributed by atoms with Crippen LogP contribution in [-0.2, 0) is 9.53 Å². The molecule has 3 aromatic rings. The molecule has 5 rings (SSSR count). The first kappa shape index (κ1) is 21.5. The van der Waals surface area contributed by atoms with E-state index in [2.05, 4.69) is 16.0 Å². The number of nitrogens with zero attached hydrogens (tertiary/aromatic N) is 5. The maximum Gasteiger partial charge on any atom is 0.225 e. The fourth-order valence-electron chi connectivity index (χ4n) is 4.67. The lowest BCUT2D eigenvalue weighted by Crippen LogP contribution is -2.47. The van der Waals surface area contributed by atoms with Crippen molar-refractivity contribution in [1.29, 1.82) is 0 Å². The summed E-state index contributed by atoms with van der Waals surface area (Å²) < 4.78 is 18.0. The van der Waals surface area contributed by atoms with E-state index in [-0.39, 0.29) is 11.8 Å². The Morgan fingerprint density at radius 3 is 2.52 bits per heavy atom. The first-order valence-corrected chi connectivity index (χ1v) is 11.4. The maximum atomic E-state index is 12.9.